The standard InChI is InChI=1S/C16H22INO3/c1-3-4-5-6-15(19)18-14(16(20)21-2)11-12-7-9-13(17)10-8-12/h7-10,14H,3-6,11H2,1-2H3,(H,18,19). The van der Waals surface area contributed by atoms with Gasteiger partial charge in [0.05, 0.1) is 7.11 Å². The van der Waals surface area contributed by atoms with Crippen LogP contribution in [0.4, 0.5) is 0 Å². The van der Waals surface area contributed by atoms with Crippen LogP contribution >= 0.6 is 22.6 Å². The van der Waals surface area contributed by atoms with E-state index in [1.165, 1.54) is 7.11 Å². The highest BCUT2D eigenvalue weighted by molar-refractivity contribution is 14.1. The van der Waals surface area contributed by atoms with Crippen molar-refractivity contribution in [2.24, 2.45) is 0 Å². The molecular formula is C16H22INO3. The van der Waals surface area contributed by atoms with Gasteiger partial charge in [0.1, 0.15) is 6.04 Å². The largest absolute Gasteiger partial charge is 0.467 e. The molecular weight excluding hydrogens is 381 g/mol. The third-order valence-electron chi connectivity index (χ3n) is 3.18. The summed E-state index contributed by atoms with van der Waals surface area (Å²) in [5, 5.41) is 2.77. The van der Waals surface area contributed by atoms with Gasteiger partial charge in [0, 0.05) is 16.4 Å². The summed E-state index contributed by atoms with van der Waals surface area (Å²) < 4.78 is 5.91. The zero-order valence-electron chi connectivity index (χ0n) is 12.5. The maximum Gasteiger partial charge on any atom is 0.328 e. The fourth-order valence-electron chi connectivity index (χ4n) is 1.99. The minimum atomic E-state index is -0.621. The number of carbonyl (C=O) groups excluding carboxylic acids is 2. The molecule has 4 nitrogen and oxygen atoms in total. The maximum atomic E-state index is 11.9. The highest BCUT2D eigenvalue weighted by atomic mass is 127. The molecule has 0 fully saturated rings. The van der Waals surface area contributed by atoms with Crippen LogP contribution in [0.5, 0.6) is 0 Å². The number of hydrogen-bond donors (Lipinski definition) is 1. The van der Waals surface area contributed by atoms with E-state index in [-0.39, 0.29) is 5.91 Å². The number of unbranched alkanes of at least 4 members (excludes halogenated alkanes) is 2. The zero-order valence-corrected chi connectivity index (χ0v) is 14.7. The van der Waals surface area contributed by atoms with Gasteiger partial charge < -0.3 is 10.1 Å². The average molecular weight is 403 g/mol. The van der Waals surface area contributed by atoms with Crippen LogP contribution in [-0.4, -0.2) is 25.0 Å². The van der Waals surface area contributed by atoms with Crippen molar-refractivity contribution in [3.8, 4) is 0 Å². The van der Waals surface area contributed by atoms with Crippen LogP contribution in [0.25, 0.3) is 0 Å². The minimum absolute atomic E-state index is 0.0932. The van der Waals surface area contributed by atoms with E-state index < -0.39 is 12.0 Å². The van der Waals surface area contributed by atoms with E-state index in [9.17, 15) is 9.59 Å². The maximum absolute atomic E-state index is 11.9. The summed E-state index contributed by atoms with van der Waals surface area (Å²) in [6, 6.07) is 7.26. The molecule has 0 saturated heterocycles. The number of methoxy groups -OCH3 is 1. The van der Waals surface area contributed by atoms with Crippen molar-refractivity contribution >= 4 is 34.5 Å². The summed E-state index contributed by atoms with van der Waals surface area (Å²) in [7, 11) is 1.34. The Labute approximate surface area is 139 Å². The molecule has 0 aromatic heterocycles. The first-order chi connectivity index (χ1) is 10.1. The highest BCUT2D eigenvalue weighted by Gasteiger charge is 2.21. The smallest absolute Gasteiger partial charge is 0.328 e. The first-order valence-electron chi connectivity index (χ1n) is 7.18. The topological polar surface area (TPSA) is 55.4 Å². The Morgan fingerprint density at radius 1 is 1.24 bits per heavy atom. The van der Waals surface area contributed by atoms with Crippen molar-refractivity contribution in [1.82, 2.24) is 5.32 Å². The van der Waals surface area contributed by atoms with Crippen molar-refractivity contribution in [3.63, 3.8) is 0 Å². The van der Waals surface area contributed by atoms with Gasteiger partial charge in [-0.05, 0) is 46.7 Å². The molecule has 0 radical (unpaired) electrons. The third-order valence-corrected chi connectivity index (χ3v) is 3.90. The van der Waals surface area contributed by atoms with Crippen LogP contribution in [0.2, 0.25) is 0 Å². The Kier molecular flexibility index (Phi) is 8.34. The minimum Gasteiger partial charge on any atom is -0.467 e. The first kappa shape index (κ1) is 17.9. The van der Waals surface area contributed by atoms with E-state index >= 15 is 0 Å². The quantitative estimate of drug-likeness (QED) is 0.413. The second kappa shape index (κ2) is 9.76. The second-order valence-electron chi connectivity index (χ2n) is 4.93. The molecule has 1 amide bonds. The Morgan fingerprint density at radius 2 is 1.90 bits per heavy atom. The van der Waals surface area contributed by atoms with E-state index in [0.29, 0.717) is 12.8 Å². The van der Waals surface area contributed by atoms with E-state index in [0.717, 1.165) is 28.4 Å². The van der Waals surface area contributed by atoms with Crippen LogP contribution < -0.4 is 5.32 Å². The lowest BCUT2D eigenvalue weighted by atomic mass is 10.1. The molecule has 1 rings (SSSR count). The number of halogens is 1. The van der Waals surface area contributed by atoms with Gasteiger partial charge in [0.25, 0.3) is 0 Å². The normalized spacial score (nSPS) is 11.8. The summed E-state index contributed by atoms with van der Waals surface area (Å²) in [5.74, 6) is -0.498. The fraction of sp³-hybridized carbons (Fsp3) is 0.500. The molecule has 1 unspecified atom stereocenters. The number of esters is 1. The molecule has 1 atom stereocenters. The van der Waals surface area contributed by atoms with Crippen LogP contribution in [0.3, 0.4) is 0 Å². The van der Waals surface area contributed by atoms with Gasteiger partial charge in [0.2, 0.25) is 5.91 Å². The molecule has 0 aliphatic rings. The molecule has 0 spiro atoms. The van der Waals surface area contributed by atoms with Gasteiger partial charge in [-0.3, -0.25) is 4.79 Å². The average Bonchev–Trinajstić information content (AvgIpc) is 2.48. The summed E-state index contributed by atoms with van der Waals surface area (Å²) in [6.45, 7) is 2.09. The van der Waals surface area contributed by atoms with Crippen molar-refractivity contribution < 1.29 is 14.3 Å². The Hall–Kier alpha value is -1.11. The monoisotopic (exact) mass is 403 g/mol. The van der Waals surface area contributed by atoms with Gasteiger partial charge in [-0.2, -0.15) is 0 Å². The van der Waals surface area contributed by atoms with Crippen LogP contribution in [-0.2, 0) is 20.7 Å². The molecule has 1 N–H and O–H groups in total. The van der Waals surface area contributed by atoms with Crippen LogP contribution in [0.15, 0.2) is 24.3 Å². The van der Waals surface area contributed by atoms with E-state index in [1.54, 1.807) is 0 Å². The Balaban J connectivity index is 2.61. The summed E-state index contributed by atoms with van der Waals surface area (Å²) in [6.07, 6.45) is 3.83. The zero-order chi connectivity index (χ0) is 15.7. The molecule has 0 aliphatic heterocycles. The number of nitrogens with one attached hydrogen (secondary N) is 1. The van der Waals surface area contributed by atoms with Crippen LogP contribution in [0.1, 0.15) is 38.2 Å². The molecule has 0 saturated carbocycles. The number of carbonyl (C=O) groups is 2. The fourth-order valence-corrected chi connectivity index (χ4v) is 2.35. The molecule has 5 heteroatoms. The van der Waals surface area contributed by atoms with E-state index in [1.807, 2.05) is 24.3 Å². The molecule has 1 aromatic rings. The van der Waals surface area contributed by atoms with Gasteiger partial charge in [0.15, 0.2) is 0 Å². The SMILES string of the molecule is CCCCCC(=O)NC(Cc1ccc(I)cc1)C(=O)OC. The molecule has 0 heterocycles. The molecule has 0 aliphatic carbocycles. The predicted molar refractivity (Wildman–Crippen MR) is 91.0 cm³/mol. The Morgan fingerprint density at radius 3 is 2.48 bits per heavy atom. The number of rotatable bonds is 8. The van der Waals surface area contributed by atoms with Crippen molar-refractivity contribution in [2.75, 3.05) is 7.11 Å². The molecule has 116 valence electrons. The Bertz CT molecular complexity index is 459. The lowest BCUT2D eigenvalue weighted by molar-refractivity contribution is -0.145. The summed E-state index contributed by atoms with van der Waals surface area (Å²) in [4.78, 5) is 23.7. The summed E-state index contributed by atoms with van der Waals surface area (Å²) in [5.41, 5.74) is 1.000. The van der Waals surface area contributed by atoms with E-state index in [4.69, 9.17) is 4.74 Å². The van der Waals surface area contributed by atoms with Gasteiger partial charge >= 0.3 is 5.97 Å². The second-order valence-corrected chi connectivity index (χ2v) is 6.18. The van der Waals surface area contributed by atoms with Gasteiger partial charge in [-0.25, -0.2) is 4.79 Å². The third kappa shape index (κ3) is 6.93. The van der Waals surface area contributed by atoms with Crippen molar-refractivity contribution in [1.29, 1.82) is 0 Å². The van der Waals surface area contributed by atoms with Crippen LogP contribution in [0, 0.1) is 3.57 Å². The number of hydrogen-bond acceptors (Lipinski definition) is 3. The predicted octanol–water partition coefficient (Wildman–Crippen LogP) is 3.07. The molecule has 0 bridgehead atoms. The van der Waals surface area contributed by atoms with Gasteiger partial charge in [-0.15, -0.1) is 0 Å². The number of amides is 1. The lowest BCUT2D eigenvalue weighted by Crippen LogP contribution is -2.43. The highest BCUT2D eigenvalue weighted by Crippen LogP contribution is 2.10. The first-order valence-corrected chi connectivity index (χ1v) is 8.26. The molecule has 21 heavy (non-hydrogen) atoms. The van der Waals surface area contributed by atoms with Gasteiger partial charge in [-0.1, -0.05) is 31.9 Å². The number of ether oxygens (including phenoxy) is 1. The van der Waals surface area contributed by atoms with E-state index in [2.05, 4.69) is 34.8 Å². The van der Waals surface area contributed by atoms with Crippen molar-refractivity contribution in [3.05, 3.63) is 33.4 Å². The lowest BCUT2D eigenvalue weighted by Gasteiger charge is -2.16. The summed E-state index contributed by atoms with van der Waals surface area (Å²) >= 11 is 2.23. The van der Waals surface area contributed by atoms with Crippen molar-refractivity contribution in [2.45, 2.75) is 45.1 Å². The number of benzene rings is 1. The molecule has 1 aromatic carbocycles.